The number of amides is 1. The average Bonchev–Trinajstić information content (AvgIpc) is 2.82. The van der Waals surface area contributed by atoms with Crippen LogP contribution in [0, 0.1) is 0 Å². The van der Waals surface area contributed by atoms with Gasteiger partial charge in [0.25, 0.3) is 5.91 Å². The second-order valence-electron chi connectivity index (χ2n) is 6.94. The van der Waals surface area contributed by atoms with Crippen molar-refractivity contribution in [2.24, 2.45) is 0 Å². The van der Waals surface area contributed by atoms with Crippen LogP contribution in [-0.4, -0.2) is 44.9 Å². The normalized spacial score (nSPS) is 14.8. The van der Waals surface area contributed by atoms with E-state index in [2.05, 4.69) is 5.32 Å². The van der Waals surface area contributed by atoms with E-state index in [-0.39, 0.29) is 16.4 Å². The molecule has 3 aromatic rings. The summed E-state index contributed by atoms with van der Waals surface area (Å²) in [5.41, 5.74) is 0.931. The number of sulfonamides is 1. The molecule has 0 atom stereocenters. The molecule has 1 amide bonds. The summed E-state index contributed by atoms with van der Waals surface area (Å²) in [7, 11) is -3.66. The first-order valence-corrected chi connectivity index (χ1v) is 12.1. The van der Waals surface area contributed by atoms with E-state index < -0.39 is 10.0 Å². The number of rotatable bonds is 6. The molecule has 31 heavy (non-hydrogen) atoms. The van der Waals surface area contributed by atoms with Crippen molar-refractivity contribution in [3.8, 4) is 0 Å². The molecule has 0 aromatic heterocycles. The Labute approximate surface area is 186 Å². The van der Waals surface area contributed by atoms with Gasteiger partial charge in [-0.3, -0.25) is 4.79 Å². The first-order chi connectivity index (χ1) is 15.0. The van der Waals surface area contributed by atoms with Gasteiger partial charge in [-0.1, -0.05) is 36.0 Å². The van der Waals surface area contributed by atoms with Crippen LogP contribution < -0.4 is 5.32 Å². The van der Waals surface area contributed by atoms with Gasteiger partial charge in [0.2, 0.25) is 10.0 Å². The van der Waals surface area contributed by atoms with E-state index in [1.165, 1.54) is 16.4 Å². The molecule has 4 rings (SSSR count). The van der Waals surface area contributed by atoms with Crippen LogP contribution in [0.15, 0.2) is 93.5 Å². The monoisotopic (exact) mass is 454 g/mol. The second-order valence-corrected chi connectivity index (χ2v) is 10.0. The van der Waals surface area contributed by atoms with Crippen molar-refractivity contribution in [1.29, 1.82) is 0 Å². The van der Waals surface area contributed by atoms with Crippen molar-refractivity contribution in [2.45, 2.75) is 14.7 Å². The van der Waals surface area contributed by atoms with Crippen LogP contribution in [0.2, 0.25) is 0 Å². The fraction of sp³-hybridized carbons (Fsp3) is 0.174. The first-order valence-electron chi connectivity index (χ1n) is 9.85. The van der Waals surface area contributed by atoms with Gasteiger partial charge >= 0.3 is 0 Å². The Morgan fingerprint density at radius 3 is 2.26 bits per heavy atom. The van der Waals surface area contributed by atoms with Crippen LogP contribution in [0.4, 0.5) is 5.69 Å². The van der Waals surface area contributed by atoms with Gasteiger partial charge in [0.15, 0.2) is 0 Å². The Balaban J connectivity index is 1.44. The van der Waals surface area contributed by atoms with Crippen LogP contribution >= 0.6 is 11.8 Å². The number of hydrogen-bond donors (Lipinski definition) is 1. The molecule has 0 spiro atoms. The molecule has 160 valence electrons. The standard InChI is InChI=1S/C23H22N2O4S2/c26-23(24-19-9-11-21(12-10-19)30-20-6-2-1-3-7-20)18-5-4-8-22(17-18)31(27,28)25-13-15-29-16-14-25/h1-12,17H,13-16H2,(H,24,26). The van der Waals surface area contributed by atoms with Gasteiger partial charge in [-0.2, -0.15) is 4.31 Å². The summed E-state index contributed by atoms with van der Waals surface area (Å²) in [6.07, 6.45) is 0. The molecule has 1 heterocycles. The van der Waals surface area contributed by atoms with Crippen LogP contribution in [0.1, 0.15) is 10.4 Å². The summed E-state index contributed by atoms with van der Waals surface area (Å²) < 4.78 is 32.3. The highest BCUT2D eigenvalue weighted by Gasteiger charge is 2.26. The lowest BCUT2D eigenvalue weighted by Gasteiger charge is -2.26. The Morgan fingerprint density at radius 2 is 1.55 bits per heavy atom. The number of benzene rings is 3. The summed E-state index contributed by atoms with van der Waals surface area (Å²) in [6, 6.07) is 23.7. The second kappa shape index (κ2) is 9.65. The predicted molar refractivity (Wildman–Crippen MR) is 121 cm³/mol. The maximum atomic E-state index is 12.8. The van der Waals surface area contributed by atoms with Crippen LogP contribution in [0.5, 0.6) is 0 Å². The van der Waals surface area contributed by atoms with Crippen molar-refractivity contribution in [2.75, 3.05) is 31.6 Å². The lowest BCUT2D eigenvalue weighted by atomic mass is 10.2. The van der Waals surface area contributed by atoms with E-state index in [0.29, 0.717) is 32.0 Å². The molecule has 3 aromatic carbocycles. The molecular formula is C23H22N2O4S2. The molecule has 0 saturated carbocycles. The quantitative estimate of drug-likeness (QED) is 0.607. The summed E-state index contributed by atoms with van der Waals surface area (Å²) >= 11 is 1.64. The summed E-state index contributed by atoms with van der Waals surface area (Å²) in [6.45, 7) is 1.37. The van der Waals surface area contributed by atoms with E-state index in [1.807, 2.05) is 54.6 Å². The molecule has 1 N–H and O–H groups in total. The smallest absolute Gasteiger partial charge is 0.255 e. The van der Waals surface area contributed by atoms with Crippen molar-refractivity contribution < 1.29 is 17.9 Å². The zero-order valence-corrected chi connectivity index (χ0v) is 18.4. The number of carbonyl (C=O) groups is 1. The highest BCUT2D eigenvalue weighted by molar-refractivity contribution is 7.99. The number of nitrogens with one attached hydrogen (secondary N) is 1. The molecular weight excluding hydrogens is 432 g/mol. The average molecular weight is 455 g/mol. The van der Waals surface area contributed by atoms with Crippen molar-refractivity contribution in [3.05, 3.63) is 84.4 Å². The Morgan fingerprint density at radius 1 is 0.871 bits per heavy atom. The van der Waals surface area contributed by atoms with E-state index >= 15 is 0 Å². The molecule has 1 saturated heterocycles. The molecule has 1 aliphatic rings. The van der Waals surface area contributed by atoms with Gasteiger partial charge < -0.3 is 10.1 Å². The molecule has 0 bridgehead atoms. The highest BCUT2D eigenvalue weighted by atomic mass is 32.2. The molecule has 6 nitrogen and oxygen atoms in total. The SMILES string of the molecule is O=C(Nc1ccc(Sc2ccccc2)cc1)c1cccc(S(=O)(=O)N2CCOCC2)c1. The third-order valence-corrected chi connectivity index (χ3v) is 7.71. The Kier molecular flexibility index (Phi) is 6.72. The van der Waals surface area contributed by atoms with Crippen molar-refractivity contribution in [1.82, 2.24) is 4.31 Å². The Hall–Kier alpha value is -2.65. The number of nitrogens with zero attached hydrogens (tertiary/aromatic N) is 1. The zero-order valence-electron chi connectivity index (χ0n) is 16.7. The highest BCUT2D eigenvalue weighted by Crippen LogP contribution is 2.28. The molecule has 0 unspecified atom stereocenters. The van der Waals surface area contributed by atoms with E-state index in [1.54, 1.807) is 23.9 Å². The predicted octanol–water partition coefficient (Wildman–Crippen LogP) is 4.11. The number of anilines is 1. The Bertz CT molecular complexity index is 1140. The molecule has 1 aliphatic heterocycles. The van der Waals surface area contributed by atoms with Crippen LogP contribution in [0.3, 0.4) is 0 Å². The molecule has 8 heteroatoms. The lowest BCUT2D eigenvalue weighted by molar-refractivity contribution is 0.0730. The van der Waals surface area contributed by atoms with Crippen molar-refractivity contribution >= 4 is 33.4 Å². The minimum Gasteiger partial charge on any atom is -0.379 e. The third kappa shape index (κ3) is 5.34. The van der Waals surface area contributed by atoms with E-state index in [4.69, 9.17) is 4.74 Å². The van der Waals surface area contributed by atoms with Gasteiger partial charge in [0.1, 0.15) is 0 Å². The summed E-state index contributed by atoms with van der Waals surface area (Å²) in [5.74, 6) is -0.359. The minimum atomic E-state index is -3.66. The van der Waals surface area contributed by atoms with Crippen molar-refractivity contribution in [3.63, 3.8) is 0 Å². The first kappa shape index (κ1) is 21.6. The molecule has 0 radical (unpaired) electrons. The number of hydrogen-bond acceptors (Lipinski definition) is 5. The van der Waals surface area contributed by atoms with Gasteiger partial charge in [0, 0.05) is 34.1 Å². The number of carbonyl (C=O) groups excluding carboxylic acids is 1. The summed E-state index contributed by atoms with van der Waals surface area (Å²) in [5, 5.41) is 2.83. The van der Waals surface area contributed by atoms with E-state index in [0.717, 1.165) is 9.79 Å². The fourth-order valence-corrected chi connectivity index (χ4v) is 5.46. The zero-order chi connectivity index (χ0) is 21.7. The minimum absolute atomic E-state index is 0.108. The number of ether oxygens (including phenoxy) is 1. The number of morpholine rings is 1. The van der Waals surface area contributed by atoms with Gasteiger partial charge in [-0.25, -0.2) is 8.42 Å². The molecule has 0 aliphatic carbocycles. The largest absolute Gasteiger partial charge is 0.379 e. The van der Waals surface area contributed by atoms with E-state index in [9.17, 15) is 13.2 Å². The van der Waals surface area contributed by atoms with Crippen LogP contribution in [-0.2, 0) is 14.8 Å². The van der Waals surface area contributed by atoms with Gasteiger partial charge in [-0.05, 0) is 54.6 Å². The van der Waals surface area contributed by atoms with Gasteiger partial charge in [-0.15, -0.1) is 0 Å². The maximum Gasteiger partial charge on any atom is 0.255 e. The summed E-state index contributed by atoms with van der Waals surface area (Å²) in [4.78, 5) is 15.0. The maximum absolute atomic E-state index is 12.8. The lowest BCUT2D eigenvalue weighted by Crippen LogP contribution is -2.40. The van der Waals surface area contributed by atoms with Gasteiger partial charge in [0.05, 0.1) is 18.1 Å². The fourth-order valence-electron chi connectivity index (χ4n) is 3.17. The third-order valence-electron chi connectivity index (χ3n) is 4.80. The van der Waals surface area contributed by atoms with Crippen LogP contribution in [0.25, 0.3) is 0 Å². The molecule has 1 fully saturated rings. The topological polar surface area (TPSA) is 75.7 Å².